The van der Waals surface area contributed by atoms with E-state index in [1.165, 1.54) is 4.90 Å². The van der Waals surface area contributed by atoms with Crippen LogP contribution in [-0.2, 0) is 16.1 Å². The van der Waals surface area contributed by atoms with Crippen LogP contribution in [0.4, 0.5) is 5.69 Å². The van der Waals surface area contributed by atoms with Gasteiger partial charge in [0.05, 0.1) is 12.1 Å². The minimum Gasteiger partial charge on any atom is -0.337 e. The third-order valence-electron chi connectivity index (χ3n) is 5.20. The van der Waals surface area contributed by atoms with Gasteiger partial charge in [0.15, 0.2) is 0 Å². The van der Waals surface area contributed by atoms with Crippen LogP contribution in [-0.4, -0.2) is 28.2 Å². The number of benzene rings is 2. The molecule has 2 amide bonds. The minimum absolute atomic E-state index is 0.191. The van der Waals surface area contributed by atoms with Gasteiger partial charge >= 0.3 is 0 Å². The van der Waals surface area contributed by atoms with Gasteiger partial charge in [0, 0.05) is 24.6 Å². The van der Waals surface area contributed by atoms with Crippen LogP contribution < -0.4 is 4.90 Å². The van der Waals surface area contributed by atoms with Gasteiger partial charge in [-0.2, -0.15) is 0 Å². The standard InChI is InChI=1S/C25H23N3O2/c1-3-27(21-9-5-4-6-10-21)23-22(20-13-11-18(2)12-14-20)24(29)28(25(23)30)17-19-8-7-15-26-16-19/h4-16H,3,17H2,1-2H3. The topological polar surface area (TPSA) is 53.5 Å². The number of para-hydroxylation sites is 1. The summed E-state index contributed by atoms with van der Waals surface area (Å²) in [6.45, 7) is 4.73. The normalized spacial score (nSPS) is 13.9. The third-order valence-corrected chi connectivity index (χ3v) is 5.20. The number of imide groups is 1. The predicted molar refractivity (Wildman–Crippen MR) is 117 cm³/mol. The molecule has 1 aliphatic heterocycles. The summed E-state index contributed by atoms with van der Waals surface area (Å²) in [4.78, 5) is 34.3. The lowest BCUT2D eigenvalue weighted by atomic mass is 10.0. The lowest BCUT2D eigenvalue weighted by Gasteiger charge is -2.25. The Morgan fingerprint density at radius 3 is 2.27 bits per heavy atom. The van der Waals surface area contributed by atoms with Gasteiger partial charge in [0.2, 0.25) is 0 Å². The Kier molecular flexibility index (Phi) is 5.44. The molecule has 5 nitrogen and oxygen atoms in total. The van der Waals surface area contributed by atoms with E-state index in [1.807, 2.05) is 79.4 Å². The molecule has 0 radical (unpaired) electrons. The molecule has 0 N–H and O–H groups in total. The first-order valence-corrected chi connectivity index (χ1v) is 9.99. The maximum Gasteiger partial charge on any atom is 0.278 e. The summed E-state index contributed by atoms with van der Waals surface area (Å²) in [5.41, 5.74) is 4.39. The molecule has 0 spiro atoms. The van der Waals surface area contributed by atoms with E-state index < -0.39 is 0 Å². The number of hydrogen-bond acceptors (Lipinski definition) is 4. The SMILES string of the molecule is CCN(C1=C(c2ccc(C)cc2)C(=O)N(Cc2cccnc2)C1=O)c1ccccc1. The van der Waals surface area contributed by atoms with Crippen molar-refractivity contribution in [3.8, 4) is 0 Å². The van der Waals surface area contributed by atoms with Crippen LogP contribution in [0.1, 0.15) is 23.6 Å². The molecule has 4 rings (SSSR count). The highest BCUT2D eigenvalue weighted by Crippen LogP contribution is 2.35. The Bertz CT molecular complexity index is 1090. The molecule has 3 aromatic rings. The lowest BCUT2D eigenvalue weighted by Crippen LogP contribution is -2.34. The fourth-order valence-corrected chi connectivity index (χ4v) is 3.69. The number of aryl methyl sites for hydroxylation is 1. The summed E-state index contributed by atoms with van der Waals surface area (Å²) in [5, 5.41) is 0. The molecule has 0 aliphatic carbocycles. The summed E-state index contributed by atoms with van der Waals surface area (Å²) in [6, 6.07) is 21.1. The lowest BCUT2D eigenvalue weighted by molar-refractivity contribution is -0.137. The number of pyridine rings is 1. The Balaban J connectivity index is 1.82. The van der Waals surface area contributed by atoms with Crippen molar-refractivity contribution in [1.82, 2.24) is 9.88 Å². The van der Waals surface area contributed by atoms with Crippen molar-refractivity contribution in [3.05, 3.63) is 102 Å². The Morgan fingerprint density at radius 2 is 1.63 bits per heavy atom. The van der Waals surface area contributed by atoms with Gasteiger partial charge in [-0.05, 0) is 43.2 Å². The minimum atomic E-state index is -0.287. The largest absolute Gasteiger partial charge is 0.337 e. The van der Waals surface area contributed by atoms with E-state index in [0.717, 1.165) is 22.4 Å². The van der Waals surface area contributed by atoms with Gasteiger partial charge in [-0.1, -0.05) is 54.1 Å². The summed E-state index contributed by atoms with van der Waals surface area (Å²) in [6.07, 6.45) is 3.35. The summed E-state index contributed by atoms with van der Waals surface area (Å²) >= 11 is 0. The number of hydrogen-bond donors (Lipinski definition) is 0. The highest BCUT2D eigenvalue weighted by Gasteiger charge is 2.41. The molecule has 30 heavy (non-hydrogen) atoms. The van der Waals surface area contributed by atoms with Crippen LogP contribution in [0.5, 0.6) is 0 Å². The van der Waals surface area contributed by atoms with Crippen molar-refractivity contribution in [2.75, 3.05) is 11.4 Å². The van der Waals surface area contributed by atoms with Crippen LogP contribution in [0, 0.1) is 6.92 Å². The van der Waals surface area contributed by atoms with Crippen molar-refractivity contribution in [2.45, 2.75) is 20.4 Å². The van der Waals surface area contributed by atoms with Crippen LogP contribution >= 0.6 is 0 Å². The number of nitrogens with zero attached hydrogens (tertiary/aromatic N) is 3. The molecule has 0 atom stereocenters. The van der Waals surface area contributed by atoms with Gasteiger partial charge in [0.25, 0.3) is 11.8 Å². The number of amides is 2. The molecule has 2 aromatic carbocycles. The van der Waals surface area contributed by atoms with Crippen LogP contribution in [0.25, 0.3) is 5.57 Å². The Morgan fingerprint density at radius 1 is 0.900 bits per heavy atom. The summed E-state index contributed by atoms with van der Waals surface area (Å²) in [7, 11) is 0. The van der Waals surface area contributed by atoms with Crippen LogP contribution in [0.15, 0.2) is 84.8 Å². The fraction of sp³-hybridized carbons (Fsp3) is 0.160. The van der Waals surface area contributed by atoms with Gasteiger partial charge in [-0.25, -0.2) is 0 Å². The zero-order valence-electron chi connectivity index (χ0n) is 17.1. The second-order valence-electron chi connectivity index (χ2n) is 7.23. The number of carbonyl (C=O) groups excluding carboxylic acids is 2. The Hall–Kier alpha value is -3.73. The van der Waals surface area contributed by atoms with Crippen molar-refractivity contribution in [1.29, 1.82) is 0 Å². The Labute approximate surface area is 176 Å². The van der Waals surface area contributed by atoms with E-state index >= 15 is 0 Å². The average Bonchev–Trinajstić information content (AvgIpc) is 3.01. The van der Waals surface area contributed by atoms with E-state index in [1.54, 1.807) is 18.5 Å². The molecule has 2 heterocycles. The molecule has 0 fully saturated rings. The number of carbonyl (C=O) groups is 2. The summed E-state index contributed by atoms with van der Waals surface area (Å²) in [5.74, 6) is -0.567. The van der Waals surface area contributed by atoms with Gasteiger partial charge in [0.1, 0.15) is 5.70 Å². The monoisotopic (exact) mass is 397 g/mol. The van der Waals surface area contributed by atoms with Crippen molar-refractivity contribution in [3.63, 3.8) is 0 Å². The molecule has 0 saturated heterocycles. The first-order valence-electron chi connectivity index (χ1n) is 9.99. The van der Waals surface area contributed by atoms with E-state index in [2.05, 4.69) is 4.98 Å². The van der Waals surface area contributed by atoms with Crippen molar-refractivity contribution < 1.29 is 9.59 Å². The molecule has 0 saturated carbocycles. The molecule has 1 aromatic heterocycles. The van der Waals surface area contributed by atoms with Gasteiger partial charge < -0.3 is 4.90 Å². The molecule has 0 bridgehead atoms. The smallest absolute Gasteiger partial charge is 0.278 e. The van der Waals surface area contributed by atoms with Crippen molar-refractivity contribution >= 4 is 23.1 Å². The van der Waals surface area contributed by atoms with Crippen LogP contribution in [0.3, 0.4) is 0 Å². The number of anilines is 1. The molecule has 150 valence electrons. The van der Waals surface area contributed by atoms with Gasteiger partial charge in [-0.15, -0.1) is 0 Å². The molecular weight excluding hydrogens is 374 g/mol. The zero-order valence-corrected chi connectivity index (χ0v) is 17.1. The van der Waals surface area contributed by atoms with E-state index in [4.69, 9.17) is 0 Å². The molecule has 5 heteroatoms. The maximum atomic E-state index is 13.5. The van der Waals surface area contributed by atoms with Crippen LogP contribution in [0.2, 0.25) is 0 Å². The first-order chi connectivity index (χ1) is 14.6. The average molecular weight is 397 g/mol. The first kappa shape index (κ1) is 19.6. The molecular formula is C25H23N3O2. The number of aromatic nitrogens is 1. The van der Waals surface area contributed by atoms with E-state index in [9.17, 15) is 9.59 Å². The second-order valence-corrected chi connectivity index (χ2v) is 7.23. The molecule has 1 aliphatic rings. The zero-order chi connectivity index (χ0) is 21.1. The number of rotatable bonds is 6. The molecule has 0 unspecified atom stereocenters. The van der Waals surface area contributed by atoms with E-state index in [-0.39, 0.29) is 18.4 Å². The van der Waals surface area contributed by atoms with Gasteiger partial charge in [-0.3, -0.25) is 19.5 Å². The quantitative estimate of drug-likeness (QED) is 0.585. The predicted octanol–water partition coefficient (Wildman–Crippen LogP) is 4.20. The maximum absolute atomic E-state index is 13.5. The highest BCUT2D eigenvalue weighted by atomic mass is 16.2. The summed E-state index contributed by atoms with van der Waals surface area (Å²) < 4.78 is 0. The van der Waals surface area contributed by atoms with Crippen molar-refractivity contribution in [2.24, 2.45) is 0 Å². The number of likely N-dealkylation sites (N-methyl/N-ethyl adjacent to an activating group) is 1. The van der Waals surface area contributed by atoms with E-state index in [0.29, 0.717) is 17.8 Å². The second kappa shape index (κ2) is 8.33. The third kappa shape index (κ3) is 3.62. The highest BCUT2D eigenvalue weighted by molar-refractivity contribution is 6.36. The fourth-order valence-electron chi connectivity index (χ4n) is 3.69.